The van der Waals surface area contributed by atoms with Crippen LogP contribution in [0.4, 0.5) is 0 Å². The number of phenolic OH excluding ortho intramolecular Hbond substituents is 1. The molecule has 104 valence electrons. The minimum absolute atomic E-state index is 0.0170. The highest BCUT2D eigenvalue weighted by molar-refractivity contribution is 5.91. The van der Waals surface area contributed by atoms with Gasteiger partial charge in [0.2, 0.25) is 0 Å². The number of methoxy groups -OCH3 is 2. The molecule has 4 nitrogen and oxygen atoms in total. The van der Waals surface area contributed by atoms with Gasteiger partial charge in [-0.1, -0.05) is 11.6 Å². The number of aldehydes is 1. The van der Waals surface area contributed by atoms with Crippen LogP contribution in [0.15, 0.2) is 30.3 Å². The molecule has 0 aliphatic carbocycles. The molecule has 0 saturated carbocycles. The first kappa shape index (κ1) is 13.9. The van der Waals surface area contributed by atoms with E-state index < -0.39 is 0 Å². The second-order valence-electron chi connectivity index (χ2n) is 4.43. The summed E-state index contributed by atoms with van der Waals surface area (Å²) in [5.74, 6) is 0.891. The van der Waals surface area contributed by atoms with Crippen LogP contribution in [-0.4, -0.2) is 25.6 Å². The molecule has 0 amide bonds. The van der Waals surface area contributed by atoms with Gasteiger partial charge in [0.1, 0.15) is 5.75 Å². The Balaban J connectivity index is 2.71. The van der Waals surface area contributed by atoms with E-state index in [1.807, 2.05) is 25.1 Å². The van der Waals surface area contributed by atoms with Crippen LogP contribution in [0.3, 0.4) is 0 Å². The van der Waals surface area contributed by atoms with E-state index in [0.29, 0.717) is 16.9 Å². The minimum atomic E-state index is -0.0170. The van der Waals surface area contributed by atoms with Gasteiger partial charge in [-0.15, -0.1) is 0 Å². The van der Waals surface area contributed by atoms with E-state index in [4.69, 9.17) is 9.47 Å². The molecule has 0 aromatic heterocycles. The first-order valence-electron chi connectivity index (χ1n) is 6.12. The zero-order valence-electron chi connectivity index (χ0n) is 11.6. The van der Waals surface area contributed by atoms with Crippen LogP contribution >= 0.6 is 0 Å². The van der Waals surface area contributed by atoms with Crippen LogP contribution < -0.4 is 9.47 Å². The zero-order chi connectivity index (χ0) is 14.7. The van der Waals surface area contributed by atoms with Crippen molar-refractivity contribution >= 4 is 6.29 Å². The predicted octanol–water partition coefficient (Wildman–Crippen LogP) is 3.20. The molecule has 0 aliphatic heterocycles. The molecule has 20 heavy (non-hydrogen) atoms. The van der Waals surface area contributed by atoms with Gasteiger partial charge in [-0.25, -0.2) is 0 Å². The predicted molar refractivity (Wildman–Crippen MR) is 76.8 cm³/mol. The molecule has 0 unspecified atom stereocenters. The second kappa shape index (κ2) is 5.65. The summed E-state index contributed by atoms with van der Waals surface area (Å²) in [5.41, 5.74) is 2.84. The fourth-order valence-corrected chi connectivity index (χ4v) is 2.11. The fourth-order valence-electron chi connectivity index (χ4n) is 2.11. The Morgan fingerprint density at radius 1 is 1.00 bits per heavy atom. The highest BCUT2D eigenvalue weighted by Gasteiger charge is 2.14. The molecule has 0 fully saturated rings. The Hall–Kier alpha value is -2.49. The van der Waals surface area contributed by atoms with Crippen LogP contribution in [-0.2, 0) is 0 Å². The van der Waals surface area contributed by atoms with E-state index in [0.717, 1.165) is 17.4 Å². The smallest absolute Gasteiger partial charge is 0.161 e. The van der Waals surface area contributed by atoms with E-state index in [1.165, 1.54) is 19.2 Å². The summed E-state index contributed by atoms with van der Waals surface area (Å²) in [6.07, 6.45) is 0.735. The average Bonchev–Trinajstić information content (AvgIpc) is 2.46. The molecule has 0 saturated heterocycles. The molecule has 0 spiro atoms. The fraction of sp³-hybridized carbons (Fsp3) is 0.188. The molecule has 0 bridgehead atoms. The Labute approximate surface area is 117 Å². The van der Waals surface area contributed by atoms with Crippen molar-refractivity contribution in [1.29, 1.82) is 0 Å². The van der Waals surface area contributed by atoms with Crippen molar-refractivity contribution < 1.29 is 19.4 Å². The first-order valence-corrected chi connectivity index (χ1v) is 6.12. The number of aryl methyl sites for hydroxylation is 1. The van der Waals surface area contributed by atoms with Gasteiger partial charge in [0.15, 0.2) is 17.8 Å². The molecule has 0 heterocycles. The summed E-state index contributed by atoms with van der Waals surface area (Å²) < 4.78 is 10.3. The van der Waals surface area contributed by atoms with E-state index in [9.17, 15) is 9.90 Å². The molecular weight excluding hydrogens is 256 g/mol. The van der Waals surface area contributed by atoms with Gasteiger partial charge in [0, 0.05) is 11.1 Å². The third kappa shape index (κ3) is 2.45. The van der Waals surface area contributed by atoms with Crippen molar-refractivity contribution in [3.63, 3.8) is 0 Å². The number of hydrogen-bond acceptors (Lipinski definition) is 4. The van der Waals surface area contributed by atoms with Crippen molar-refractivity contribution in [2.45, 2.75) is 6.92 Å². The molecule has 0 radical (unpaired) electrons. The Morgan fingerprint density at radius 2 is 1.70 bits per heavy atom. The number of ether oxygens (including phenoxy) is 2. The number of benzene rings is 2. The van der Waals surface area contributed by atoms with Crippen LogP contribution in [0.5, 0.6) is 17.2 Å². The van der Waals surface area contributed by atoms with Crippen LogP contribution in [0.1, 0.15) is 15.9 Å². The van der Waals surface area contributed by atoms with Gasteiger partial charge < -0.3 is 14.6 Å². The van der Waals surface area contributed by atoms with Crippen molar-refractivity contribution in [1.82, 2.24) is 0 Å². The monoisotopic (exact) mass is 272 g/mol. The summed E-state index contributed by atoms with van der Waals surface area (Å²) in [6, 6.07) is 8.69. The third-order valence-electron chi connectivity index (χ3n) is 3.12. The summed E-state index contributed by atoms with van der Waals surface area (Å²) in [7, 11) is 3.01. The number of phenols is 1. The van der Waals surface area contributed by atoms with Crippen molar-refractivity contribution in [2.24, 2.45) is 0 Å². The first-order chi connectivity index (χ1) is 9.60. The maximum Gasteiger partial charge on any atom is 0.161 e. The van der Waals surface area contributed by atoms with Crippen LogP contribution in [0.2, 0.25) is 0 Å². The van der Waals surface area contributed by atoms with Crippen molar-refractivity contribution in [2.75, 3.05) is 14.2 Å². The van der Waals surface area contributed by atoms with Gasteiger partial charge >= 0.3 is 0 Å². The number of carbonyl (C=O) groups excluding carboxylic acids is 1. The lowest BCUT2D eigenvalue weighted by molar-refractivity contribution is 0.112. The maximum absolute atomic E-state index is 11.3. The number of aromatic hydroxyl groups is 1. The van der Waals surface area contributed by atoms with Crippen LogP contribution in [0, 0.1) is 6.92 Å². The minimum Gasteiger partial charge on any atom is -0.504 e. The quantitative estimate of drug-likeness (QED) is 0.868. The summed E-state index contributed by atoms with van der Waals surface area (Å²) >= 11 is 0. The number of carbonyl (C=O) groups is 1. The Bertz CT molecular complexity index is 647. The molecule has 0 atom stereocenters. The maximum atomic E-state index is 11.3. The highest BCUT2D eigenvalue weighted by atomic mass is 16.5. The molecule has 0 aliphatic rings. The van der Waals surface area contributed by atoms with E-state index in [2.05, 4.69) is 0 Å². The molecular formula is C16H16O4. The van der Waals surface area contributed by atoms with Gasteiger partial charge in [-0.2, -0.15) is 0 Å². The Kier molecular flexibility index (Phi) is 3.94. The van der Waals surface area contributed by atoms with E-state index in [1.54, 1.807) is 7.11 Å². The molecule has 2 aromatic carbocycles. The second-order valence-corrected chi connectivity index (χ2v) is 4.43. The van der Waals surface area contributed by atoms with Gasteiger partial charge in [-0.3, -0.25) is 4.79 Å². The summed E-state index contributed by atoms with van der Waals surface area (Å²) in [6.45, 7) is 1.95. The largest absolute Gasteiger partial charge is 0.504 e. The lowest BCUT2D eigenvalue weighted by atomic mass is 9.97. The van der Waals surface area contributed by atoms with Crippen LogP contribution in [0.25, 0.3) is 11.1 Å². The lowest BCUT2D eigenvalue weighted by Crippen LogP contribution is -1.95. The Morgan fingerprint density at radius 3 is 2.30 bits per heavy atom. The van der Waals surface area contributed by atoms with E-state index >= 15 is 0 Å². The van der Waals surface area contributed by atoms with Gasteiger partial charge in [-0.05, 0) is 36.8 Å². The number of rotatable bonds is 4. The summed E-state index contributed by atoms with van der Waals surface area (Å²) in [4.78, 5) is 11.3. The summed E-state index contributed by atoms with van der Waals surface area (Å²) in [5, 5.41) is 9.92. The average molecular weight is 272 g/mol. The zero-order valence-corrected chi connectivity index (χ0v) is 11.6. The molecule has 1 N–H and O–H groups in total. The van der Waals surface area contributed by atoms with Crippen molar-refractivity contribution in [3.05, 3.63) is 41.5 Å². The molecule has 2 rings (SSSR count). The molecule has 4 heteroatoms. The molecule has 2 aromatic rings. The van der Waals surface area contributed by atoms with Crippen molar-refractivity contribution in [3.8, 4) is 28.4 Å². The number of hydrogen-bond donors (Lipinski definition) is 1. The highest BCUT2D eigenvalue weighted by Crippen LogP contribution is 2.38. The third-order valence-corrected chi connectivity index (χ3v) is 3.12. The van der Waals surface area contributed by atoms with E-state index in [-0.39, 0.29) is 11.5 Å². The van der Waals surface area contributed by atoms with Gasteiger partial charge in [0.25, 0.3) is 0 Å². The van der Waals surface area contributed by atoms with Gasteiger partial charge in [0.05, 0.1) is 14.2 Å². The topological polar surface area (TPSA) is 55.8 Å². The standard InChI is InChI=1S/C16H16O4/c1-10-4-5-15(19-2)13(6-10)12-8-14(18)16(20-3)7-11(12)9-17/h4-9,18H,1-3H3. The normalized spacial score (nSPS) is 10.2. The lowest BCUT2D eigenvalue weighted by Gasteiger charge is -2.13. The SMILES string of the molecule is COc1cc(C=O)c(-c2cc(C)ccc2OC)cc1O.